The number of rotatable bonds is 5. The van der Waals surface area contributed by atoms with Gasteiger partial charge in [-0.05, 0) is 6.92 Å². The van der Waals surface area contributed by atoms with Crippen LogP contribution in [0.25, 0.3) is 0 Å². The molecule has 2 N–H and O–H groups in total. The minimum absolute atomic E-state index is 1.09. The van der Waals surface area contributed by atoms with Crippen LogP contribution in [0.1, 0.15) is 6.92 Å². The van der Waals surface area contributed by atoms with Gasteiger partial charge in [-0.2, -0.15) is 8.78 Å². The topological polar surface area (TPSA) is 49.3 Å². The summed E-state index contributed by atoms with van der Waals surface area (Å²) in [5, 5.41) is 10.00. The Balaban J connectivity index is 3.95. The average Bonchev–Trinajstić information content (AvgIpc) is 1.99. The largest absolute Gasteiger partial charge is 0.480 e. The molecule has 1 unspecified atom stereocenters. The van der Waals surface area contributed by atoms with E-state index in [1.165, 1.54) is 0 Å². The Labute approximate surface area is 71.7 Å². The Kier molecular flexibility index (Phi) is 4.12. The van der Waals surface area contributed by atoms with Crippen LogP contribution in [-0.2, 0) is 4.79 Å². The zero-order chi connectivity index (χ0) is 10.6. The van der Waals surface area contributed by atoms with Crippen molar-refractivity contribution in [1.29, 1.82) is 0 Å². The molecule has 0 spiro atoms. The molecule has 0 radical (unpaired) electrons. The summed E-state index contributed by atoms with van der Waals surface area (Å²) in [6, 6.07) is -1.27. The normalized spacial score (nSPS) is 14.6. The van der Waals surface area contributed by atoms with Crippen molar-refractivity contribution in [2.24, 2.45) is 0 Å². The van der Waals surface area contributed by atoms with Crippen LogP contribution < -0.4 is 5.32 Å². The lowest BCUT2D eigenvalue weighted by Crippen LogP contribution is -2.44. The van der Waals surface area contributed by atoms with E-state index in [2.05, 4.69) is 0 Å². The molecule has 0 amide bonds. The smallest absolute Gasteiger partial charge is 0.320 e. The van der Waals surface area contributed by atoms with Gasteiger partial charge in [0.1, 0.15) is 6.04 Å². The van der Waals surface area contributed by atoms with Gasteiger partial charge in [-0.1, -0.05) is 0 Å². The maximum atomic E-state index is 12.2. The summed E-state index contributed by atoms with van der Waals surface area (Å²) in [5.74, 6) is -5.56. The SMILES string of the molecule is CC(NCC(F)(F)C(F)F)C(=O)O. The van der Waals surface area contributed by atoms with Crippen LogP contribution in [0.5, 0.6) is 0 Å². The summed E-state index contributed by atoms with van der Waals surface area (Å²) in [5.41, 5.74) is 0. The molecular formula is C6H9F4NO2. The molecule has 0 aromatic rings. The lowest BCUT2D eigenvalue weighted by Gasteiger charge is -2.17. The van der Waals surface area contributed by atoms with Crippen molar-refractivity contribution in [3.05, 3.63) is 0 Å². The Hall–Kier alpha value is -0.850. The van der Waals surface area contributed by atoms with Gasteiger partial charge in [-0.15, -0.1) is 0 Å². The number of aliphatic carboxylic acids is 1. The monoisotopic (exact) mass is 203 g/mol. The van der Waals surface area contributed by atoms with Crippen LogP contribution in [-0.4, -0.2) is 36.0 Å². The number of carbonyl (C=O) groups is 1. The van der Waals surface area contributed by atoms with Crippen molar-refractivity contribution >= 4 is 5.97 Å². The van der Waals surface area contributed by atoms with E-state index in [4.69, 9.17) is 5.11 Å². The highest BCUT2D eigenvalue weighted by atomic mass is 19.3. The summed E-state index contributed by atoms with van der Waals surface area (Å²) >= 11 is 0. The summed E-state index contributed by atoms with van der Waals surface area (Å²) < 4.78 is 47.4. The molecule has 0 fully saturated rings. The van der Waals surface area contributed by atoms with E-state index in [0.29, 0.717) is 0 Å². The summed E-state index contributed by atoms with van der Waals surface area (Å²) in [7, 11) is 0. The predicted octanol–water partition coefficient (Wildman–Crippen LogP) is 0.950. The molecule has 0 aliphatic rings. The van der Waals surface area contributed by atoms with Gasteiger partial charge in [0.15, 0.2) is 0 Å². The number of alkyl halides is 4. The van der Waals surface area contributed by atoms with Crippen LogP contribution in [0, 0.1) is 0 Å². The second-order valence-electron chi connectivity index (χ2n) is 2.50. The highest BCUT2D eigenvalue weighted by Gasteiger charge is 2.40. The van der Waals surface area contributed by atoms with E-state index in [9.17, 15) is 22.4 Å². The number of nitrogens with one attached hydrogen (secondary N) is 1. The molecule has 0 rings (SSSR count). The molecular weight excluding hydrogens is 194 g/mol. The molecule has 0 aliphatic heterocycles. The lowest BCUT2D eigenvalue weighted by atomic mass is 10.3. The third-order valence-electron chi connectivity index (χ3n) is 1.33. The lowest BCUT2D eigenvalue weighted by molar-refractivity contribution is -0.142. The van der Waals surface area contributed by atoms with Crippen molar-refractivity contribution in [3.63, 3.8) is 0 Å². The zero-order valence-corrected chi connectivity index (χ0v) is 6.73. The second-order valence-corrected chi connectivity index (χ2v) is 2.50. The molecule has 1 atom stereocenters. The number of hydrogen-bond donors (Lipinski definition) is 2. The fourth-order valence-electron chi connectivity index (χ4n) is 0.454. The summed E-state index contributed by atoms with van der Waals surface area (Å²) in [6.45, 7) is -0.262. The van der Waals surface area contributed by atoms with Crippen LogP contribution in [0.2, 0.25) is 0 Å². The van der Waals surface area contributed by atoms with Gasteiger partial charge in [-0.25, -0.2) is 8.78 Å². The first-order chi connectivity index (χ1) is 5.77. The van der Waals surface area contributed by atoms with E-state index in [0.717, 1.165) is 6.92 Å². The molecule has 3 nitrogen and oxygen atoms in total. The minimum Gasteiger partial charge on any atom is -0.480 e. The van der Waals surface area contributed by atoms with Crippen molar-refractivity contribution in [1.82, 2.24) is 5.32 Å². The second kappa shape index (κ2) is 4.40. The fraction of sp³-hybridized carbons (Fsp3) is 0.833. The van der Waals surface area contributed by atoms with Crippen LogP contribution in [0.4, 0.5) is 17.6 Å². The van der Waals surface area contributed by atoms with Gasteiger partial charge in [-0.3, -0.25) is 10.1 Å². The molecule has 0 saturated carbocycles. The van der Waals surface area contributed by atoms with Gasteiger partial charge >= 0.3 is 18.3 Å². The quantitative estimate of drug-likeness (QED) is 0.654. The molecule has 0 aromatic heterocycles. The Bertz CT molecular complexity index is 185. The number of hydrogen-bond acceptors (Lipinski definition) is 2. The molecule has 0 saturated heterocycles. The van der Waals surface area contributed by atoms with Gasteiger partial charge < -0.3 is 5.11 Å². The van der Waals surface area contributed by atoms with Crippen LogP contribution in [0.15, 0.2) is 0 Å². The molecule has 0 aromatic carbocycles. The number of carboxylic acid groups (broad SMARTS) is 1. The first kappa shape index (κ1) is 12.2. The van der Waals surface area contributed by atoms with Crippen LogP contribution in [0.3, 0.4) is 0 Å². The van der Waals surface area contributed by atoms with E-state index < -0.39 is 30.9 Å². The predicted molar refractivity (Wildman–Crippen MR) is 36.1 cm³/mol. The van der Waals surface area contributed by atoms with E-state index >= 15 is 0 Å². The van der Waals surface area contributed by atoms with Crippen molar-refractivity contribution < 1.29 is 27.5 Å². The summed E-state index contributed by atoms with van der Waals surface area (Å²) in [4.78, 5) is 10.1. The minimum atomic E-state index is -4.19. The molecule has 0 heterocycles. The summed E-state index contributed by atoms with van der Waals surface area (Å²) in [6.07, 6.45) is -3.79. The maximum Gasteiger partial charge on any atom is 0.320 e. The molecule has 13 heavy (non-hydrogen) atoms. The van der Waals surface area contributed by atoms with E-state index in [1.807, 2.05) is 0 Å². The average molecular weight is 203 g/mol. The highest BCUT2D eigenvalue weighted by Crippen LogP contribution is 2.21. The Morgan fingerprint density at radius 1 is 1.54 bits per heavy atom. The Morgan fingerprint density at radius 2 is 2.00 bits per heavy atom. The van der Waals surface area contributed by atoms with E-state index in [1.54, 1.807) is 5.32 Å². The van der Waals surface area contributed by atoms with E-state index in [-0.39, 0.29) is 0 Å². The van der Waals surface area contributed by atoms with Gasteiger partial charge in [0, 0.05) is 0 Å². The van der Waals surface area contributed by atoms with Gasteiger partial charge in [0.25, 0.3) is 0 Å². The van der Waals surface area contributed by atoms with Gasteiger partial charge in [0.2, 0.25) is 0 Å². The third kappa shape index (κ3) is 4.07. The van der Waals surface area contributed by atoms with Gasteiger partial charge in [0.05, 0.1) is 6.54 Å². The number of halogens is 4. The van der Waals surface area contributed by atoms with Crippen molar-refractivity contribution in [2.45, 2.75) is 25.3 Å². The first-order valence-corrected chi connectivity index (χ1v) is 3.39. The Morgan fingerprint density at radius 3 is 2.31 bits per heavy atom. The van der Waals surface area contributed by atoms with Crippen molar-refractivity contribution in [2.75, 3.05) is 6.54 Å². The maximum absolute atomic E-state index is 12.2. The highest BCUT2D eigenvalue weighted by molar-refractivity contribution is 5.72. The molecule has 0 aliphatic carbocycles. The van der Waals surface area contributed by atoms with Crippen molar-refractivity contribution in [3.8, 4) is 0 Å². The molecule has 7 heteroatoms. The fourth-order valence-corrected chi connectivity index (χ4v) is 0.454. The first-order valence-electron chi connectivity index (χ1n) is 3.39. The molecule has 0 bridgehead atoms. The zero-order valence-electron chi connectivity index (χ0n) is 6.73. The van der Waals surface area contributed by atoms with Crippen LogP contribution >= 0.6 is 0 Å². The molecule has 78 valence electrons. The third-order valence-corrected chi connectivity index (χ3v) is 1.33. The standard InChI is InChI=1S/C6H9F4NO2/c1-3(4(12)13)11-2-6(9,10)5(7)8/h3,5,11H,2H2,1H3,(H,12,13). The number of carboxylic acids is 1.